The molecule has 3 aliphatic heterocycles. The van der Waals surface area contributed by atoms with Crippen molar-refractivity contribution < 1.29 is 114 Å². The number of carboxylic acids is 1. The van der Waals surface area contributed by atoms with Crippen LogP contribution >= 0.6 is 21.6 Å². The Morgan fingerprint density at radius 2 is 1.65 bits per heavy atom. The number of aliphatic carboxylic acids is 1. The average molecular weight is 862 g/mol. The zero-order valence-electron chi connectivity index (χ0n) is 31.4. The van der Waals surface area contributed by atoms with Crippen LogP contribution in [0.4, 0.5) is 11.4 Å². The third-order valence-electron chi connectivity index (χ3n) is 9.46. The predicted molar refractivity (Wildman–Crippen MR) is 196 cm³/mol. The summed E-state index contributed by atoms with van der Waals surface area (Å²) < 4.78 is 21.8. The number of ether oxygens (including phenoxy) is 4. The van der Waals surface area contributed by atoms with Gasteiger partial charge in [-0.1, -0.05) is 34.1 Å². The maximum Gasteiger partial charge on any atom is 1.00 e. The third kappa shape index (κ3) is 14.4. The summed E-state index contributed by atoms with van der Waals surface area (Å²) >= 11 is 0. The Kier molecular flexibility index (Phi) is 21.2. The van der Waals surface area contributed by atoms with Crippen molar-refractivity contribution in [2.45, 2.75) is 130 Å². The average Bonchev–Trinajstić information content (AvgIpc) is 3.69. The topological polar surface area (TPSA) is 329 Å². The van der Waals surface area contributed by atoms with Gasteiger partial charge in [-0.3, -0.25) is 9.59 Å². The molecule has 0 radical (unpaired) electrons. The molecule has 0 saturated carbocycles. The first-order valence-corrected chi connectivity index (χ1v) is 20.5. The van der Waals surface area contributed by atoms with Crippen molar-refractivity contribution in [2.75, 3.05) is 36.1 Å². The second kappa shape index (κ2) is 24.2. The van der Waals surface area contributed by atoms with Crippen LogP contribution in [0.15, 0.2) is 24.3 Å². The van der Waals surface area contributed by atoms with Gasteiger partial charge in [0.2, 0.25) is 11.8 Å². The Labute approximate surface area is 358 Å². The van der Waals surface area contributed by atoms with Gasteiger partial charge >= 0.3 is 29.6 Å². The first-order valence-electron chi connectivity index (χ1n) is 18.1. The molecule has 3 fully saturated rings. The molecule has 3 saturated heterocycles. The Hall–Kier alpha value is -1.39. The van der Waals surface area contributed by atoms with E-state index in [9.17, 15) is 65.4 Å². The zero-order valence-corrected chi connectivity index (χ0v) is 35.1. The molecule has 0 spiro atoms. The molecular formula is C34H52N3NaO17S2. The van der Waals surface area contributed by atoms with Gasteiger partial charge < -0.3 is 90.8 Å². The summed E-state index contributed by atoms with van der Waals surface area (Å²) in [7, 11) is 3.79. The van der Waals surface area contributed by atoms with E-state index in [0.29, 0.717) is 23.0 Å². The number of unbranched alkanes of at least 4 members (excludes halogenated alkanes) is 1. The number of carbonyl (C=O) groups excluding carboxylic acids is 3. The van der Waals surface area contributed by atoms with Crippen LogP contribution in [0.5, 0.6) is 0 Å². The number of benzene rings is 1. The minimum absolute atomic E-state index is 0. The van der Waals surface area contributed by atoms with Gasteiger partial charge in [-0.05, 0) is 37.5 Å². The van der Waals surface area contributed by atoms with Crippen LogP contribution in [0.2, 0.25) is 0 Å². The molecule has 0 bridgehead atoms. The van der Waals surface area contributed by atoms with E-state index < -0.39 is 111 Å². The molecule has 318 valence electrons. The van der Waals surface area contributed by atoms with E-state index in [-0.39, 0.29) is 42.0 Å². The monoisotopic (exact) mass is 861 g/mol. The summed E-state index contributed by atoms with van der Waals surface area (Å²) in [6.45, 7) is -0.944. The number of carboxylic acid groups (broad SMARTS) is 1. The van der Waals surface area contributed by atoms with E-state index in [2.05, 4.69) is 16.0 Å². The molecule has 1 aromatic carbocycles. The van der Waals surface area contributed by atoms with Crippen molar-refractivity contribution in [3.05, 3.63) is 24.3 Å². The van der Waals surface area contributed by atoms with Crippen molar-refractivity contribution in [1.82, 2.24) is 5.32 Å². The number of rotatable bonds is 20. The molecule has 1 aromatic rings. The fourth-order valence-corrected chi connectivity index (χ4v) is 9.34. The number of aliphatic hydroxyl groups excluding tert-OH is 9. The number of nitrogens with one attached hydrogen (secondary N) is 3. The molecule has 12 N–H and O–H groups in total. The first-order chi connectivity index (χ1) is 26.6. The normalized spacial score (nSPS) is 32.3. The van der Waals surface area contributed by atoms with Gasteiger partial charge in [0.25, 0.3) is 0 Å². The minimum Gasteiger partial charge on any atom is -0.547 e. The molecule has 0 aromatic heterocycles. The van der Waals surface area contributed by atoms with Crippen molar-refractivity contribution in [1.29, 1.82) is 0 Å². The molecule has 2 amide bonds. The molecule has 4 rings (SSSR count). The SMILES string of the molecule is CC(=O)N[C@H]1[C@@H](OC[C@@H](O)[C@@H](O)[C@H](O)[C@@H](O)CNc2cccc(NC(=O)CCCCC3CCSS3)c2)O[C@H](CO)[C@H](O)[C@@H]1O[C@@H]1O[C@H](C(=O)[O-])[C@@H](O)[C@H](O)[C@H]1O.[Na+]. The van der Waals surface area contributed by atoms with E-state index in [1.54, 1.807) is 24.3 Å². The maximum atomic E-state index is 12.5. The summed E-state index contributed by atoms with van der Waals surface area (Å²) in [5, 5.41) is 114. The first kappa shape index (κ1) is 50.0. The number of anilines is 2. The minimum atomic E-state index is -2.18. The van der Waals surface area contributed by atoms with Crippen molar-refractivity contribution in [3.63, 3.8) is 0 Å². The van der Waals surface area contributed by atoms with Gasteiger partial charge in [0, 0.05) is 42.3 Å². The van der Waals surface area contributed by atoms with Gasteiger partial charge in [-0.25, -0.2) is 0 Å². The van der Waals surface area contributed by atoms with Crippen molar-refractivity contribution in [2.24, 2.45) is 0 Å². The molecule has 15 atom stereocenters. The van der Waals surface area contributed by atoms with Crippen molar-refractivity contribution in [3.8, 4) is 0 Å². The number of carbonyl (C=O) groups is 3. The van der Waals surface area contributed by atoms with E-state index in [1.165, 1.54) is 12.2 Å². The van der Waals surface area contributed by atoms with Crippen LogP contribution in [0.1, 0.15) is 39.0 Å². The number of hydrogen-bond donors (Lipinski definition) is 12. The zero-order chi connectivity index (χ0) is 41.1. The standard InChI is InChI=1S/C34H53N3O17S2.Na/c1-15(39)36-23-30(53-34-29(48)27(46)28(47)31(54-34)32(49)50)26(45)21(13-38)52-33(23)51-14-20(41)25(44)24(43)19(40)12-35-16-5-4-6-17(11-16)37-22(42)8-3-2-7-18-9-10-55-56-18;/h4-6,11,18-21,23-31,33-35,38,40-41,43-48H,2-3,7-10,12-14H2,1H3,(H,36,39)(H,37,42)(H,49,50);/q;+1/p-1/t18?,19-,20+,21+,23+,24+,25+,26-,27-,28-,29+,30+,31-,33-,34+;/m0./s1. The second-order valence-corrected chi connectivity index (χ2v) is 16.6. The smallest absolute Gasteiger partial charge is 0.547 e. The molecule has 0 aliphatic carbocycles. The van der Waals surface area contributed by atoms with Crippen molar-refractivity contribution >= 4 is 50.7 Å². The van der Waals surface area contributed by atoms with Crippen LogP contribution in [0.25, 0.3) is 0 Å². The molecule has 3 heterocycles. The largest absolute Gasteiger partial charge is 1.00 e. The Morgan fingerprint density at radius 3 is 2.30 bits per heavy atom. The van der Waals surface area contributed by atoms with Crippen LogP contribution in [-0.2, 0) is 33.3 Å². The van der Waals surface area contributed by atoms with Gasteiger partial charge in [0.05, 0.1) is 25.3 Å². The summed E-state index contributed by atoms with van der Waals surface area (Å²) in [5.41, 5.74) is 0.989. The Balaban J connectivity index is 0.00000870. The van der Waals surface area contributed by atoms with Gasteiger partial charge in [-0.15, -0.1) is 0 Å². The number of amides is 2. The van der Waals surface area contributed by atoms with Gasteiger partial charge in [-0.2, -0.15) is 0 Å². The molecule has 1 unspecified atom stereocenters. The maximum absolute atomic E-state index is 12.5. The number of aliphatic hydroxyl groups is 9. The fraction of sp³-hybridized carbons (Fsp3) is 0.735. The second-order valence-electron chi connectivity index (χ2n) is 13.8. The third-order valence-corrected chi connectivity index (χ3v) is 12.5. The number of hydrogen-bond acceptors (Lipinski definition) is 20. The summed E-state index contributed by atoms with van der Waals surface area (Å²) in [6, 6.07) is 5.10. The van der Waals surface area contributed by atoms with E-state index in [4.69, 9.17) is 18.9 Å². The Morgan fingerprint density at radius 1 is 0.947 bits per heavy atom. The quantitative estimate of drug-likeness (QED) is 0.0329. The molecular weight excluding hydrogens is 810 g/mol. The molecule has 20 nitrogen and oxygen atoms in total. The van der Waals surface area contributed by atoms with E-state index in [1.807, 2.05) is 21.6 Å². The predicted octanol–water partition coefficient (Wildman–Crippen LogP) is -7.26. The van der Waals surface area contributed by atoms with E-state index in [0.717, 1.165) is 26.2 Å². The summed E-state index contributed by atoms with van der Waals surface area (Å²) in [6.07, 6.45) is -20.4. The van der Waals surface area contributed by atoms with Gasteiger partial charge in [0.1, 0.15) is 67.1 Å². The Bertz CT molecular complexity index is 1420. The van der Waals surface area contributed by atoms with Gasteiger partial charge in [0.15, 0.2) is 12.6 Å². The summed E-state index contributed by atoms with van der Waals surface area (Å²) in [5.74, 6) is -1.68. The van der Waals surface area contributed by atoms with Crippen LogP contribution in [0, 0.1) is 0 Å². The van der Waals surface area contributed by atoms with Crippen LogP contribution in [0.3, 0.4) is 0 Å². The molecule has 23 heteroatoms. The van der Waals surface area contributed by atoms with Crippen LogP contribution < -0.4 is 50.6 Å². The molecule has 3 aliphatic rings. The van der Waals surface area contributed by atoms with E-state index >= 15 is 0 Å². The van der Waals surface area contributed by atoms with Crippen LogP contribution in [-0.4, -0.2) is 180 Å². The molecule has 57 heavy (non-hydrogen) atoms. The summed E-state index contributed by atoms with van der Waals surface area (Å²) in [4.78, 5) is 36.1. The fourth-order valence-electron chi connectivity index (χ4n) is 6.31.